The zero-order chi connectivity index (χ0) is 16.1. The van der Waals surface area contributed by atoms with Gasteiger partial charge in [-0.3, -0.25) is 20.0 Å². The number of rotatable bonds is 6. The minimum atomic E-state index is -0.0444. The first-order chi connectivity index (χ1) is 11.3. The Morgan fingerprint density at radius 3 is 3.17 bits per heavy atom. The van der Waals surface area contributed by atoms with Crippen LogP contribution in [0.1, 0.15) is 31.5 Å². The number of hydrogen-bond donors (Lipinski definition) is 1. The van der Waals surface area contributed by atoms with Crippen LogP contribution in [-0.4, -0.2) is 44.8 Å². The highest BCUT2D eigenvalue weighted by molar-refractivity contribution is 8.01. The van der Waals surface area contributed by atoms with E-state index in [9.17, 15) is 4.79 Å². The Bertz CT molecular complexity index is 648. The number of anilines is 1. The monoisotopic (exact) mass is 349 g/mol. The molecule has 23 heavy (non-hydrogen) atoms. The SMILES string of the molecule is CCSc1nnc(NC(=O)CN2CCCC2c2ccccn2)s1. The third-order valence-electron chi connectivity index (χ3n) is 3.66. The summed E-state index contributed by atoms with van der Waals surface area (Å²) < 4.78 is 0.885. The van der Waals surface area contributed by atoms with Gasteiger partial charge in [0.2, 0.25) is 11.0 Å². The van der Waals surface area contributed by atoms with Gasteiger partial charge in [-0.25, -0.2) is 0 Å². The smallest absolute Gasteiger partial charge is 0.240 e. The number of aromatic nitrogens is 3. The van der Waals surface area contributed by atoms with Gasteiger partial charge in [-0.2, -0.15) is 0 Å². The van der Waals surface area contributed by atoms with Crippen LogP contribution in [0.4, 0.5) is 5.13 Å². The molecule has 1 saturated heterocycles. The van der Waals surface area contributed by atoms with Crippen molar-refractivity contribution in [3.8, 4) is 0 Å². The molecule has 1 amide bonds. The summed E-state index contributed by atoms with van der Waals surface area (Å²) in [6.07, 6.45) is 3.94. The van der Waals surface area contributed by atoms with Crippen molar-refractivity contribution in [2.24, 2.45) is 0 Å². The van der Waals surface area contributed by atoms with Gasteiger partial charge in [0.15, 0.2) is 4.34 Å². The second-order valence-corrected chi connectivity index (χ2v) is 7.73. The summed E-state index contributed by atoms with van der Waals surface area (Å²) >= 11 is 3.05. The van der Waals surface area contributed by atoms with Crippen molar-refractivity contribution in [3.05, 3.63) is 30.1 Å². The highest BCUT2D eigenvalue weighted by atomic mass is 32.2. The van der Waals surface area contributed by atoms with Crippen LogP contribution in [0.15, 0.2) is 28.7 Å². The van der Waals surface area contributed by atoms with E-state index in [1.807, 2.05) is 18.2 Å². The molecule has 1 aliphatic rings. The first-order valence-electron chi connectivity index (χ1n) is 7.67. The minimum absolute atomic E-state index is 0.0444. The number of carbonyl (C=O) groups excluding carboxylic acids is 1. The lowest BCUT2D eigenvalue weighted by atomic mass is 10.1. The van der Waals surface area contributed by atoms with Crippen LogP contribution in [0.25, 0.3) is 0 Å². The van der Waals surface area contributed by atoms with Gasteiger partial charge in [-0.15, -0.1) is 10.2 Å². The van der Waals surface area contributed by atoms with Crippen molar-refractivity contribution in [2.45, 2.75) is 30.1 Å². The van der Waals surface area contributed by atoms with Crippen molar-refractivity contribution in [2.75, 3.05) is 24.2 Å². The molecule has 1 unspecified atom stereocenters. The zero-order valence-electron chi connectivity index (χ0n) is 12.9. The number of nitrogens with zero attached hydrogens (tertiary/aromatic N) is 4. The second kappa shape index (κ2) is 7.85. The molecule has 8 heteroatoms. The topological polar surface area (TPSA) is 71.0 Å². The molecule has 0 aromatic carbocycles. The maximum atomic E-state index is 12.3. The van der Waals surface area contributed by atoms with Crippen LogP contribution in [-0.2, 0) is 4.79 Å². The molecule has 1 aliphatic heterocycles. The van der Waals surface area contributed by atoms with E-state index >= 15 is 0 Å². The Morgan fingerprint density at radius 2 is 2.39 bits per heavy atom. The zero-order valence-corrected chi connectivity index (χ0v) is 14.6. The standard InChI is InChI=1S/C15H19N5OS2/c1-2-22-15-19-18-14(23-15)17-13(21)10-20-9-5-7-12(20)11-6-3-4-8-16-11/h3-4,6,8,12H,2,5,7,9-10H2,1H3,(H,17,18,21). The van der Waals surface area contributed by atoms with Crippen molar-refractivity contribution in [3.63, 3.8) is 0 Å². The molecule has 1 fully saturated rings. The van der Waals surface area contributed by atoms with Gasteiger partial charge in [0.1, 0.15) is 0 Å². The van der Waals surface area contributed by atoms with E-state index in [2.05, 4.69) is 32.3 Å². The number of thioether (sulfide) groups is 1. The molecule has 2 aromatic rings. The minimum Gasteiger partial charge on any atom is -0.299 e. The van der Waals surface area contributed by atoms with Gasteiger partial charge >= 0.3 is 0 Å². The van der Waals surface area contributed by atoms with Crippen LogP contribution in [0.3, 0.4) is 0 Å². The van der Waals surface area contributed by atoms with E-state index in [4.69, 9.17) is 0 Å². The lowest BCUT2D eigenvalue weighted by molar-refractivity contribution is -0.117. The molecule has 122 valence electrons. The van der Waals surface area contributed by atoms with Gasteiger partial charge < -0.3 is 0 Å². The van der Waals surface area contributed by atoms with Gasteiger partial charge in [0.05, 0.1) is 18.3 Å². The quantitative estimate of drug-likeness (QED) is 0.639. The number of amides is 1. The Hall–Kier alpha value is -1.51. The maximum absolute atomic E-state index is 12.3. The molecule has 0 aliphatic carbocycles. The highest BCUT2D eigenvalue weighted by Gasteiger charge is 2.28. The average Bonchev–Trinajstić information content (AvgIpc) is 3.18. The number of hydrogen-bond acceptors (Lipinski definition) is 7. The largest absolute Gasteiger partial charge is 0.299 e. The van der Waals surface area contributed by atoms with Gasteiger partial charge in [0.25, 0.3) is 0 Å². The third kappa shape index (κ3) is 4.27. The van der Waals surface area contributed by atoms with Crippen LogP contribution < -0.4 is 5.32 Å². The van der Waals surface area contributed by atoms with Crippen molar-refractivity contribution >= 4 is 34.1 Å². The first-order valence-corrected chi connectivity index (χ1v) is 9.47. The summed E-state index contributed by atoms with van der Waals surface area (Å²) in [4.78, 5) is 18.9. The summed E-state index contributed by atoms with van der Waals surface area (Å²) in [7, 11) is 0. The Balaban J connectivity index is 1.58. The molecule has 2 aromatic heterocycles. The predicted molar refractivity (Wildman–Crippen MR) is 92.7 cm³/mol. The maximum Gasteiger partial charge on any atom is 0.240 e. The molecular formula is C15H19N5OS2. The molecule has 0 spiro atoms. The lowest BCUT2D eigenvalue weighted by Crippen LogP contribution is -2.33. The Kier molecular flexibility index (Phi) is 5.58. The first kappa shape index (κ1) is 16.4. The summed E-state index contributed by atoms with van der Waals surface area (Å²) in [5, 5.41) is 11.5. The fourth-order valence-corrected chi connectivity index (χ4v) is 4.37. The fraction of sp³-hybridized carbons (Fsp3) is 0.467. The van der Waals surface area contributed by atoms with E-state index in [1.54, 1.807) is 18.0 Å². The number of carbonyl (C=O) groups is 1. The summed E-state index contributed by atoms with van der Waals surface area (Å²) in [5.74, 6) is 0.902. The highest BCUT2D eigenvalue weighted by Crippen LogP contribution is 2.30. The molecule has 3 heterocycles. The van der Waals surface area contributed by atoms with E-state index in [0.717, 1.165) is 35.2 Å². The van der Waals surface area contributed by atoms with Gasteiger partial charge in [0, 0.05) is 6.20 Å². The van der Waals surface area contributed by atoms with E-state index in [1.165, 1.54) is 11.3 Å². The van der Waals surface area contributed by atoms with E-state index in [0.29, 0.717) is 11.7 Å². The Morgan fingerprint density at radius 1 is 1.48 bits per heavy atom. The molecule has 0 saturated carbocycles. The van der Waals surface area contributed by atoms with Crippen molar-refractivity contribution in [1.82, 2.24) is 20.1 Å². The van der Waals surface area contributed by atoms with Crippen LogP contribution >= 0.6 is 23.1 Å². The summed E-state index contributed by atoms with van der Waals surface area (Å²) in [6, 6.07) is 6.16. The second-order valence-electron chi connectivity index (χ2n) is 5.24. The van der Waals surface area contributed by atoms with Gasteiger partial charge in [-0.05, 0) is 37.3 Å². The van der Waals surface area contributed by atoms with Gasteiger partial charge in [-0.1, -0.05) is 36.1 Å². The fourth-order valence-electron chi connectivity index (χ4n) is 2.71. The number of likely N-dealkylation sites (tertiary alicyclic amines) is 1. The molecule has 0 radical (unpaired) electrons. The normalized spacial score (nSPS) is 18.2. The van der Waals surface area contributed by atoms with Crippen molar-refractivity contribution in [1.29, 1.82) is 0 Å². The average molecular weight is 349 g/mol. The van der Waals surface area contributed by atoms with E-state index < -0.39 is 0 Å². The van der Waals surface area contributed by atoms with Crippen LogP contribution in [0.2, 0.25) is 0 Å². The molecule has 6 nitrogen and oxygen atoms in total. The third-order valence-corrected chi connectivity index (χ3v) is 5.51. The van der Waals surface area contributed by atoms with Crippen molar-refractivity contribution < 1.29 is 4.79 Å². The lowest BCUT2D eigenvalue weighted by Gasteiger charge is -2.22. The van der Waals surface area contributed by atoms with Crippen LogP contribution in [0, 0.1) is 0 Å². The molecule has 0 bridgehead atoms. The molecule has 1 atom stereocenters. The Labute approximate surface area is 143 Å². The molecule has 3 rings (SSSR count). The molecule has 1 N–H and O–H groups in total. The predicted octanol–water partition coefficient (Wildman–Crippen LogP) is 2.82. The number of nitrogens with one attached hydrogen (secondary N) is 1. The summed E-state index contributed by atoms with van der Waals surface area (Å²) in [5.41, 5.74) is 1.04. The number of pyridine rings is 1. The van der Waals surface area contributed by atoms with Crippen LogP contribution in [0.5, 0.6) is 0 Å². The molecular weight excluding hydrogens is 330 g/mol. The van der Waals surface area contributed by atoms with E-state index in [-0.39, 0.29) is 11.9 Å². The summed E-state index contributed by atoms with van der Waals surface area (Å²) in [6.45, 7) is 3.34.